The van der Waals surface area contributed by atoms with Crippen molar-refractivity contribution in [1.29, 1.82) is 0 Å². The standard InChI is InChI=1S/C15H19NO3/c1-2-15(14(18)19,16-10-17)13-8-7-11-5-3-4-6-12(11)9-13/h3-6,10,13H,2,7-9H2,1H3,(H,16,17)(H,18,19). The zero-order valence-electron chi connectivity index (χ0n) is 11.1. The summed E-state index contributed by atoms with van der Waals surface area (Å²) in [4.78, 5) is 22.4. The van der Waals surface area contributed by atoms with Crippen LogP contribution in [-0.2, 0) is 22.4 Å². The lowest BCUT2D eigenvalue weighted by Crippen LogP contribution is -2.58. The van der Waals surface area contributed by atoms with Crippen LogP contribution in [0.1, 0.15) is 30.9 Å². The highest BCUT2D eigenvalue weighted by Crippen LogP contribution is 2.34. The Morgan fingerprint density at radius 2 is 2.16 bits per heavy atom. The molecule has 1 aliphatic rings. The van der Waals surface area contributed by atoms with Gasteiger partial charge in [-0.15, -0.1) is 0 Å². The molecule has 0 heterocycles. The minimum absolute atomic E-state index is 0.0601. The number of fused-ring (bicyclic) bond motifs is 1. The second kappa shape index (κ2) is 5.43. The zero-order chi connectivity index (χ0) is 13.9. The Morgan fingerprint density at radius 1 is 1.47 bits per heavy atom. The normalized spacial score (nSPS) is 21.0. The van der Waals surface area contributed by atoms with Gasteiger partial charge in [-0.1, -0.05) is 31.2 Å². The first kappa shape index (κ1) is 13.6. The van der Waals surface area contributed by atoms with Crippen LogP contribution in [0.5, 0.6) is 0 Å². The summed E-state index contributed by atoms with van der Waals surface area (Å²) in [6.45, 7) is 1.81. The molecule has 0 saturated carbocycles. The maximum atomic E-state index is 11.6. The third-order valence-corrected chi connectivity index (χ3v) is 4.30. The molecule has 2 unspecified atom stereocenters. The summed E-state index contributed by atoms with van der Waals surface area (Å²) < 4.78 is 0. The Kier molecular flexibility index (Phi) is 3.88. The molecule has 102 valence electrons. The third-order valence-electron chi connectivity index (χ3n) is 4.30. The van der Waals surface area contributed by atoms with E-state index in [9.17, 15) is 14.7 Å². The highest BCUT2D eigenvalue weighted by molar-refractivity contribution is 5.82. The van der Waals surface area contributed by atoms with Gasteiger partial charge in [-0.25, -0.2) is 4.79 Å². The number of benzene rings is 1. The molecule has 0 fully saturated rings. The van der Waals surface area contributed by atoms with Gasteiger partial charge < -0.3 is 10.4 Å². The molecule has 2 N–H and O–H groups in total. The van der Waals surface area contributed by atoms with E-state index in [1.54, 1.807) is 0 Å². The molecule has 0 spiro atoms. The average Bonchev–Trinajstić information content (AvgIpc) is 2.44. The maximum absolute atomic E-state index is 11.6. The summed E-state index contributed by atoms with van der Waals surface area (Å²) >= 11 is 0. The largest absolute Gasteiger partial charge is 0.479 e. The molecule has 1 amide bonds. The number of nitrogens with one attached hydrogen (secondary N) is 1. The van der Waals surface area contributed by atoms with Crippen molar-refractivity contribution in [3.05, 3.63) is 35.4 Å². The van der Waals surface area contributed by atoms with Gasteiger partial charge in [0, 0.05) is 0 Å². The molecule has 1 aliphatic carbocycles. The van der Waals surface area contributed by atoms with Gasteiger partial charge in [0.1, 0.15) is 5.54 Å². The van der Waals surface area contributed by atoms with Crippen LogP contribution < -0.4 is 5.32 Å². The Labute approximate surface area is 112 Å². The van der Waals surface area contributed by atoms with Crippen LogP contribution in [0.2, 0.25) is 0 Å². The van der Waals surface area contributed by atoms with Gasteiger partial charge in [0.05, 0.1) is 0 Å². The van der Waals surface area contributed by atoms with E-state index in [1.165, 1.54) is 11.1 Å². The number of hydrogen-bond donors (Lipinski definition) is 2. The average molecular weight is 261 g/mol. The van der Waals surface area contributed by atoms with Gasteiger partial charge in [-0.2, -0.15) is 0 Å². The Bertz CT molecular complexity index is 486. The van der Waals surface area contributed by atoms with Gasteiger partial charge in [0.25, 0.3) is 0 Å². The highest BCUT2D eigenvalue weighted by atomic mass is 16.4. The van der Waals surface area contributed by atoms with Gasteiger partial charge in [-0.3, -0.25) is 4.79 Å². The molecule has 2 atom stereocenters. The van der Waals surface area contributed by atoms with E-state index in [0.717, 1.165) is 12.8 Å². The lowest BCUT2D eigenvalue weighted by atomic mass is 9.71. The van der Waals surface area contributed by atoms with Crippen LogP contribution in [0, 0.1) is 5.92 Å². The second-order valence-corrected chi connectivity index (χ2v) is 5.10. The summed E-state index contributed by atoms with van der Waals surface area (Å²) in [5.41, 5.74) is 1.35. The molecule has 0 aromatic heterocycles. The fourth-order valence-electron chi connectivity index (χ4n) is 3.12. The van der Waals surface area contributed by atoms with Crippen molar-refractivity contribution in [3.63, 3.8) is 0 Å². The Morgan fingerprint density at radius 3 is 2.74 bits per heavy atom. The maximum Gasteiger partial charge on any atom is 0.329 e. The van der Waals surface area contributed by atoms with Gasteiger partial charge in [-0.05, 0) is 42.7 Å². The predicted octanol–water partition coefficient (Wildman–Crippen LogP) is 1.77. The van der Waals surface area contributed by atoms with Crippen LogP contribution in [0.4, 0.5) is 0 Å². The molecule has 0 saturated heterocycles. The van der Waals surface area contributed by atoms with E-state index in [-0.39, 0.29) is 5.92 Å². The van der Waals surface area contributed by atoms with E-state index in [2.05, 4.69) is 11.4 Å². The summed E-state index contributed by atoms with van der Waals surface area (Å²) in [5.74, 6) is -0.999. The first-order valence-electron chi connectivity index (χ1n) is 6.65. The van der Waals surface area contributed by atoms with Gasteiger partial charge in [0.2, 0.25) is 6.41 Å². The molecule has 0 aliphatic heterocycles. The van der Waals surface area contributed by atoms with Crippen LogP contribution in [-0.4, -0.2) is 23.0 Å². The summed E-state index contributed by atoms with van der Waals surface area (Å²) in [5, 5.41) is 12.1. The van der Waals surface area contributed by atoms with Crippen molar-refractivity contribution >= 4 is 12.4 Å². The van der Waals surface area contributed by atoms with Crippen LogP contribution in [0.15, 0.2) is 24.3 Å². The molecule has 0 radical (unpaired) electrons. The second-order valence-electron chi connectivity index (χ2n) is 5.10. The van der Waals surface area contributed by atoms with E-state index in [4.69, 9.17) is 0 Å². The summed E-state index contributed by atoms with van der Waals surface area (Å²) in [7, 11) is 0. The number of aryl methyl sites for hydroxylation is 1. The fourth-order valence-corrected chi connectivity index (χ4v) is 3.12. The first-order chi connectivity index (χ1) is 9.14. The smallest absolute Gasteiger partial charge is 0.329 e. The molecular formula is C15H19NO3. The van der Waals surface area contributed by atoms with Crippen LogP contribution in [0.25, 0.3) is 0 Å². The van der Waals surface area contributed by atoms with Crippen molar-refractivity contribution in [2.75, 3.05) is 0 Å². The number of hydrogen-bond acceptors (Lipinski definition) is 2. The molecule has 4 heteroatoms. The first-order valence-corrected chi connectivity index (χ1v) is 6.65. The Balaban J connectivity index is 2.31. The molecule has 0 bridgehead atoms. The molecule has 1 aromatic carbocycles. The van der Waals surface area contributed by atoms with Crippen molar-refractivity contribution in [2.24, 2.45) is 5.92 Å². The van der Waals surface area contributed by atoms with Crippen molar-refractivity contribution in [1.82, 2.24) is 5.32 Å². The fraction of sp³-hybridized carbons (Fsp3) is 0.467. The van der Waals surface area contributed by atoms with E-state index < -0.39 is 11.5 Å². The number of carbonyl (C=O) groups excluding carboxylic acids is 1. The van der Waals surface area contributed by atoms with Gasteiger partial charge >= 0.3 is 5.97 Å². The van der Waals surface area contributed by atoms with Crippen molar-refractivity contribution in [2.45, 2.75) is 38.1 Å². The topological polar surface area (TPSA) is 66.4 Å². The van der Waals surface area contributed by atoms with Gasteiger partial charge in [0.15, 0.2) is 0 Å². The zero-order valence-corrected chi connectivity index (χ0v) is 11.1. The number of carboxylic acids is 1. The highest BCUT2D eigenvalue weighted by Gasteiger charge is 2.45. The summed E-state index contributed by atoms with van der Waals surface area (Å²) in [6, 6.07) is 8.12. The van der Waals surface area contributed by atoms with E-state index >= 15 is 0 Å². The third kappa shape index (κ3) is 2.35. The minimum atomic E-state index is -1.14. The number of carboxylic acid groups (broad SMARTS) is 1. The van der Waals surface area contributed by atoms with E-state index in [0.29, 0.717) is 19.3 Å². The van der Waals surface area contributed by atoms with Crippen molar-refractivity contribution in [3.8, 4) is 0 Å². The summed E-state index contributed by atoms with van der Waals surface area (Å²) in [6.07, 6.45) is 3.28. The van der Waals surface area contributed by atoms with Crippen molar-refractivity contribution < 1.29 is 14.7 Å². The number of carbonyl (C=O) groups is 2. The molecule has 2 rings (SSSR count). The Hall–Kier alpha value is -1.84. The number of aliphatic carboxylic acids is 1. The SMILES string of the molecule is CCC(NC=O)(C(=O)O)C1CCc2ccccc2C1. The lowest BCUT2D eigenvalue weighted by Gasteiger charge is -2.38. The predicted molar refractivity (Wildman–Crippen MR) is 71.8 cm³/mol. The minimum Gasteiger partial charge on any atom is -0.479 e. The molecule has 4 nitrogen and oxygen atoms in total. The number of amides is 1. The van der Waals surface area contributed by atoms with Crippen LogP contribution >= 0.6 is 0 Å². The van der Waals surface area contributed by atoms with Crippen LogP contribution in [0.3, 0.4) is 0 Å². The monoisotopic (exact) mass is 261 g/mol. The molecule has 19 heavy (non-hydrogen) atoms. The lowest BCUT2D eigenvalue weighted by molar-refractivity contribution is -0.149. The molecular weight excluding hydrogens is 242 g/mol. The molecule has 1 aromatic rings. The van der Waals surface area contributed by atoms with E-state index in [1.807, 2.05) is 25.1 Å². The number of rotatable bonds is 5. The quantitative estimate of drug-likeness (QED) is 0.794.